The highest BCUT2D eigenvalue weighted by Gasteiger charge is 2.21. The number of aromatic nitrogens is 3. The van der Waals surface area contributed by atoms with Gasteiger partial charge in [-0.2, -0.15) is 5.26 Å². The van der Waals surface area contributed by atoms with Gasteiger partial charge in [0.1, 0.15) is 17.3 Å². The highest BCUT2D eigenvalue weighted by Crippen LogP contribution is 2.41. The van der Waals surface area contributed by atoms with E-state index >= 15 is 0 Å². The number of imidazole rings is 1. The molecule has 0 aliphatic rings. The van der Waals surface area contributed by atoms with Crippen LogP contribution in [0.1, 0.15) is 15.9 Å². The van der Waals surface area contributed by atoms with Gasteiger partial charge in [0.05, 0.1) is 31.9 Å². The maximum absolute atomic E-state index is 11.9. The van der Waals surface area contributed by atoms with Gasteiger partial charge in [0.25, 0.3) is 0 Å². The molecular formula is C22H18ClN5O4. The molecule has 2 aromatic carbocycles. The Kier molecular flexibility index (Phi) is 5.62. The first-order valence-electron chi connectivity index (χ1n) is 9.38. The summed E-state index contributed by atoms with van der Waals surface area (Å²) >= 11 is 6.41. The molecule has 10 heteroatoms. The Labute approximate surface area is 188 Å². The van der Waals surface area contributed by atoms with Crippen LogP contribution in [-0.4, -0.2) is 41.9 Å². The summed E-state index contributed by atoms with van der Waals surface area (Å²) in [6.45, 7) is 0. The number of nitrogens with one attached hydrogen (secondary N) is 2. The minimum atomic E-state index is -0.453. The molecule has 2 N–H and O–H groups in total. The Morgan fingerprint density at radius 2 is 2.03 bits per heavy atom. The van der Waals surface area contributed by atoms with Gasteiger partial charge in [-0.15, -0.1) is 0 Å². The second-order valence-electron chi connectivity index (χ2n) is 6.66. The van der Waals surface area contributed by atoms with Crippen LogP contribution in [0, 0.1) is 11.3 Å². The smallest absolute Gasteiger partial charge is 0.337 e. The Morgan fingerprint density at radius 1 is 1.22 bits per heavy atom. The first-order chi connectivity index (χ1) is 15.5. The number of ether oxygens (including phenoxy) is 3. The summed E-state index contributed by atoms with van der Waals surface area (Å²) in [6.07, 6.45) is 1.56. The molecule has 4 aromatic rings. The SMILES string of the molecule is COC(=O)c1cccc(Nc2c(-c3cc(Cl)c(OC)c(OC)c3)nc3c(C#N)c[nH]n23)c1. The Bertz CT molecular complexity index is 1370. The number of aromatic amines is 1. The number of benzene rings is 2. The van der Waals surface area contributed by atoms with E-state index in [0.29, 0.717) is 56.1 Å². The van der Waals surface area contributed by atoms with Crippen LogP contribution < -0.4 is 14.8 Å². The lowest BCUT2D eigenvalue weighted by Gasteiger charge is -2.13. The average molecular weight is 452 g/mol. The van der Waals surface area contributed by atoms with Crippen molar-refractivity contribution in [1.82, 2.24) is 14.6 Å². The van der Waals surface area contributed by atoms with Crippen molar-refractivity contribution in [3.8, 4) is 28.8 Å². The molecule has 0 aliphatic carbocycles. The molecule has 9 nitrogen and oxygen atoms in total. The number of H-pyrrole nitrogens is 1. The van der Waals surface area contributed by atoms with E-state index in [1.165, 1.54) is 21.3 Å². The number of anilines is 2. The lowest BCUT2D eigenvalue weighted by Crippen LogP contribution is -2.03. The van der Waals surface area contributed by atoms with Crippen molar-refractivity contribution in [1.29, 1.82) is 5.26 Å². The maximum Gasteiger partial charge on any atom is 0.337 e. The fourth-order valence-corrected chi connectivity index (χ4v) is 3.64. The zero-order valence-corrected chi connectivity index (χ0v) is 18.1. The van der Waals surface area contributed by atoms with Gasteiger partial charge < -0.3 is 19.5 Å². The lowest BCUT2D eigenvalue weighted by molar-refractivity contribution is 0.0601. The summed E-state index contributed by atoms with van der Waals surface area (Å²) in [6, 6.07) is 12.4. The molecule has 0 bridgehead atoms. The van der Waals surface area contributed by atoms with Gasteiger partial charge in [-0.1, -0.05) is 17.7 Å². The third-order valence-electron chi connectivity index (χ3n) is 4.83. The molecule has 0 saturated heterocycles. The summed E-state index contributed by atoms with van der Waals surface area (Å²) < 4.78 is 17.2. The van der Waals surface area contributed by atoms with Crippen LogP contribution in [0.2, 0.25) is 5.02 Å². The summed E-state index contributed by atoms with van der Waals surface area (Å²) in [5.74, 6) is 0.920. The molecule has 2 aromatic heterocycles. The van der Waals surface area contributed by atoms with Crippen molar-refractivity contribution < 1.29 is 19.0 Å². The molecule has 0 atom stereocenters. The molecule has 0 aliphatic heterocycles. The van der Waals surface area contributed by atoms with Crippen molar-refractivity contribution >= 4 is 34.7 Å². The number of hydrogen-bond acceptors (Lipinski definition) is 7. The molecule has 162 valence electrons. The Hall–Kier alpha value is -4.16. The van der Waals surface area contributed by atoms with E-state index in [2.05, 4.69) is 21.5 Å². The van der Waals surface area contributed by atoms with E-state index in [-0.39, 0.29) is 0 Å². The van der Waals surface area contributed by atoms with Crippen LogP contribution in [0.15, 0.2) is 42.6 Å². The zero-order valence-electron chi connectivity index (χ0n) is 17.4. The molecule has 32 heavy (non-hydrogen) atoms. The topological polar surface area (TPSA) is 114 Å². The van der Waals surface area contributed by atoms with Gasteiger partial charge in [-0.25, -0.2) is 14.3 Å². The van der Waals surface area contributed by atoms with Crippen molar-refractivity contribution in [2.24, 2.45) is 0 Å². The summed E-state index contributed by atoms with van der Waals surface area (Å²) in [5.41, 5.74) is 2.96. The van der Waals surface area contributed by atoms with Gasteiger partial charge in [-0.05, 0) is 30.3 Å². The number of esters is 1. The van der Waals surface area contributed by atoms with E-state index < -0.39 is 5.97 Å². The van der Waals surface area contributed by atoms with Crippen LogP contribution in [0.3, 0.4) is 0 Å². The number of carbonyl (C=O) groups is 1. The first-order valence-corrected chi connectivity index (χ1v) is 9.75. The predicted molar refractivity (Wildman–Crippen MR) is 119 cm³/mol. The van der Waals surface area contributed by atoms with Crippen molar-refractivity contribution in [3.05, 3.63) is 58.7 Å². The number of hydrogen-bond donors (Lipinski definition) is 2. The number of rotatable bonds is 6. The Morgan fingerprint density at radius 3 is 2.72 bits per heavy atom. The van der Waals surface area contributed by atoms with Crippen molar-refractivity contribution in [2.45, 2.75) is 0 Å². The van der Waals surface area contributed by atoms with Gasteiger partial charge in [0, 0.05) is 17.4 Å². The third-order valence-corrected chi connectivity index (χ3v) is 5.11. The molecule has 0 saturated carbocycles. The van der Waals surface area contributed by atoms with Crippen LogP contribution in [0.5, 0.6) is 11.5 Å². The minimum Gasteiger partial charge on any atom is -0.493 e. The second-order valence-corrected chi connectivity index (χ2v) is 7.07. The van der Waals surface area contributed by atoms with Gasteiger partial charge in [0.15, 0.2) is 23.0 Å². The maximum atomic E-state index is 11.9. The number of nitriles is 1. The third kappa shape index (κ3) is 3.57. The lowest BCUT2D eigenvalue weighted by atomic mass is 10.1. The number of nitrogens with zero attached hydrogens (tertiary/aromatic N) is 3. The molecule has 0 spiro atoms. The normalized spacial score (nSPS) is 10.6. The fourth-order valence-electron chi connectivity index (χ4n) is 3.35. The summed E-state index contributed by atoms with van der Waals surface area (Å²) in [4.78, 5) is 16.6. The average Bonchev–Trinajstić information content (AvgIpc) is 3.37. The minimum absolute atomic E-state index is 0.345. The van der Waals surface area contributed by atoms with Crippen LogP contribution >= 0.6 is 11.6 Å². The molecule has 0 radical (unpaired) electrons. The zero-order chi connectivity index (χ0) is 22.8. The highest BCUT2D eigenvalue weighted by atomic mass is 35.5. The van der Waals surface area contributed by atoms with E-state index in [1.54, 1.807) is 47.1 Å². The number of methoxy groups -OCH3 is 3. The molecule has 0 amide bonds. The van der Waals surface area contributed by atoms with E-state index in [4.69, 9.17) is 25.8 Å². The van der Waals surface area contributed by atoms with Crippen LogP contribution in [0.4, 0.5) is 11.5 Å². The van der Waals surface area contributed by atoms with Crippen molar-refractivity contribution in [3.63, 3.8) is 0 Å². The second kappa shape index (κ2) is 8.53. The predicted octanol–water partition coefficient (Wildman–Crippen LogP) is 4.40. The fraction of sp³-hybridized carbons (Fsp3) is 0.136. The van der Waals surface area contributed by atoms with E-state index in [1.807, 2.05) is 0 Å². The van der Waals surface area contributed by atoms with Gasteiger partial charge in [-0.3, -0.25) is 5.10 Å². The largest absolute Gasteiger partial charge is 0.493 e. The quantitative estimate of drug-likeness (QED) is 0.417. The molecule has 2 heterocycles. The summed E-state index contributed by atoms with van der Waals surface area (Å²) in [7, 11) is 4.34. The number of halogens is 1. The molecule has 0 fully saturated rings. The van der Waals surface area contributed by atoms with Gasteiger partial charge >= 0.3 is 5.97 Å². The Balaban J connectivity index is 1.89. The molecular weight excluding hydrogens is 434 g/mol. The number of fused-ring (bicyclic) bond motifs is 1. The molecule has 0 unspecified atom stereocenters. The standard InChI is InChI=1S/C22H18ClN5O4/c1-30-17-9-13(8-16(23)19(17)31-2)18-21(28-20(27-18)14(10-24)11-25-28)26-15-6-4-5-12(7-15)22(29)32-3/h4-9,11,25-26H,1-3H3. The first kappa shape index (κ1) is 21.1. The summed E-state index contributed by atoms with van der Waals surface area (Å²) in [5, 5.41) is 16.1. The molecule has 4 rings (SSSR count). The van der Waals surface area contributed by atoms with Crippen molar-refractivity contribution in [2.75, 3.05) is 26.6 Å². The van der Waals surface area contributed by atoms with E-state index in [9.17, 15) is 10.1 Å². The highest BCUT2D eigenvalue weighted by molar-refractivity contribution is 6.32. The van der Waals surface area contributed by atoms with Crippen LogP contribution in [-0.2, 0) is 4.74 Å². The monoisotopic (exact) mass is 451 g/mol. The van der Waals surface area contributed by atoms with E-state index in [0.717, 1.165) is 0 Å². The van der Waals surface area contributed by atoms with Gasteiger partial charge in [0.2, 0.25) is 0 Å². The van der Waals surface area contributed by atoms with Crippen LogP contribution in [0.25, 0.3) is 16.9 Å². The number of carbonyl (C=O) groups excluding carboxylic acids is 1.